The summed E-state index contributed by atoms with van der Waals surface area (Å²) in [5, 5.41) is 3.64. The standard InChI is InChI=1S/C12H24N2O/c1-10(9-15-2)6-14-7-11-4-3-5-13-12(11)8-14/h10-13H,3-9H2,1-2H3/t10?,11-,12+/m0/s1. The Hall–Kier alpha value is -0.120. The highest BCUT2D eigenvalue weighted by Gasteiger charge is 2.34. The van der Waals surface area contributed by atoms with Crippen molar-refractivity contribution in [2.75, 3.05) is 39.9 Å². The summed E-state index contributed by atoms with van der Waals surface area (Å²) in [4.78, 5) is 2.61. The SMILES string of the molecule is COCC(C)CN1C[C@@H]2CCCN[C@@H]2C1. The van der Waals surface area contributed by atoms with E-state index < -0.39 is 0 Å². The van der Waals surface area contributed by atoms with Crippen LogP contribution in [0.3, 0.4) is 0 Å². The smallest absolute Gasteiger partial charge is 0.0500 e. The number of likely N-dealkylation sites (tertiary alicyclic amines) is 1. The van der Waals surface area contributed by atoms with Crippen LogP contribution in [0.4, 0.5) is 0 Å². The van der Waals surface area contributed by atoms with Gasteiger partial charge in [0.25, 0.3) is 0 Å². The number of hydrogen-bond donors (Lipinski definition) is 1. The van der Waals surface area contributed by atoms with Crippen molar-refractivity contribution in [2.45, 2.75) is 25.8 Å². The van der Waals surface area contributed by atoms with Gasteiger partial charge in [-0.2, -0.15) is 0 Å². The Morgan fingerprint density at radius 2 is 2.33 bits per heavy atom. The maximum atomic E-state index is 5.19. The number of methoxy groups -OCH3 is 1. The van der Waals surface area contributed by atoms with E-state index in [4.69, 9.17) is 4.74 Å². The van der Waals surface area contributed by atoms with Crippen molar-refractivity contribution in [3.63, 3.8) is 0 Å². The van der Waals surface area contributed by atoms with Gasteiger partial charge in [0, 0.05) is 39.4 Å². The Bertz CT molecular complexity index is 184. The van der Waals surface area contributed by atoms with Gasteiger partial charge in [-0.15, -0.1) is 0 Å². The number of nitrogens with zero attached hydrogens (tertiary/aromatic N) is 1. The first-order chi connectivity index (χ1) is 7.29. The minimum Gasteiger partial charge on any atom is -0.384 e. The van der Waals surface area contributed by atoms with E-state index in [-0.39, 0.29) is 0 Å². The number of nitrogens with one attached hydrogen (secondary N) is 1. The van der Waals surface area contributed by atoms with E-state index in [2.05, 4.69) is 17.1 Å². The van der Waals surface area contributed by atoms with Crippen molar-refractivity contribution < 1.29 is 4.74 Å². The number of fused-ring (bicyclic) bond motifs is 1. The molecule has 2 heterocycles. The molecule has 1 unspecified atom stereocenters. The van der Waals surface area contributed by atoms with E-state index in [1.54, 1.807) is 7.11 Å². The minimum absolute atomic E-state index is 0.662. The summed E-state index contributed by atoms with van der Waals surface area (Å²) in [6.45, 7) is 8.13. The first-order valence-corrected chi connectivity index (χ1v) is 6.24. The zero-order chi connectivity index (χ0) is 10.7. The maximum absolute atomic E-state index is 5.19. The summed E-state index contributed by atoms with van der Waals surface area (Å²) in [6, 6.07) is 0.772. The number of ether oxygens (including phenoxy) is 1. The van der Waals surface area contributed by atoms with Crippen molar-refractivity contribution in [1.82, 2.24) is 10.2 Å². The van der Waals surface area contributed by atoms with Gasteiger partial charge in [-0.3, -0.25) is 0 Å². The van der Waals surface area contributed by atoms with Crippen LogP contribution >= 0.6 is 0 Å². The summed E-state index contributed by atoms with van der Waals surface area (Å²) >= 11 is 0. The molecule has 88 valence electrons. The van der Waals surface area contributed by atoms with Crippen LogP contribution in [-0.2, 0) is 4.74 Å². The molecule has 3 heteroatoms. The molecular weight excluding hydrogens is 188 g/mol. The van der Waals surface area contributed by atoms with Crippen LogP contribution in [0.1, 0.15) is 19.8 Å². The Kier molecular flexibility index (Phi) is 4.00. The van der Waals surface area contributed by atoms with Gasteiger partial charge in [0.15, 0.2) is 0 Å². The van der Waals surface area contributed by atoms with Gasteiger partial charge in [-0.1, -0.05) is 6.92 Å². The molecule has 0 radical (unpaired) electrons. The van der Waals surface area contributed by atoms with Crippen molar-refractivity contribution in [3.05, 3.63) is 0 Å². The fourth-order valence-corrected chi connectivity index (χ4v) is 3.06. The van der Waals surface area contributed by atoms with Gasteiger partial charge < -0.3 is 15.0 Å². The molecule has 2 rings (SSSR count). The van der Waals surface area contributed by atoms with Gasteiger partial charge >= 0.3 is 0 Å². The monoisotopic (exact) mass is 212 g/mol. The lowest BCUT2D eigenvalue weighted by molar-refractivity contribution is 0.135. The average molecular weight is 212 g/mol. The summed E-state index contributed by atoms with van der Waals surface area (Å²) in [7, 11) is 1.79. The van der Waals surface area contributed by atoms with Gasteiger partial charge in [0.05, 0.1) is 0 Å². The molecule has 2 saturated heterocycles. The number of piperidine rings is 1. The molecule has 2 fully saturated rings. The van der Waals surface area contributed by atoms with Crippen LogP contribution in [0.25, 0.3) is 0 Å². The molecule has 0 bridgehead atoms. The summed E-state index contributed by atoms with van der Waals surface area (Å²) < 4.78 is 5.19. The third-order valence-corrected chi connectivity index (χ3v) is 3.70. The summed E-state index contributed by atoms with van der Waals surface area (Å²) in [5.74, 6) is 1.57. The molecule has 1 N–H and O–H groups in total. The molecule has 0 aromatic heterocycles. The Balaban J connectivity index is 1.76. The van der Waals surface area contributed by atoms with Gasteiger partial charge in [0.1, 0.15) is 0 Å². The quantitative estimate of drug-likeness (QED) is 0.751. The third-order valence-electron chi connectivity index (χ3n) is 3.70. The van der Waals surface area contributed by atoms with Crippen molar-refractivity contribution >= 4 is 0 Å². The summed E-state index contributed by atoms with van der Waals surface area (Å²) in [6.07, 6.45) is 2.79. The van der Waals surface area contributed by atoms with Gasteiger partial charge in [-0.05, 0) is 31.2 Å². The van der Waals surface area contributed by atoms with E-state index in [0.29, 0.717) is 5.92 Å². The second-order valence-electron chi connectivity index (χ2n) is 5.24. The lowest BCUT2D eigenvalue weighted by Crippen LogP contribution is -2.40. The molecule has 0 aliphatic carbocycles. The second kappa shape index (κ2) is 5.28. The van der Waals surface area contributed by atoms with Crippen LogP contribution < -0.4 is 5.32 Å². The topological polar surface area (TPSA) is 24.5 Å². The lowest BCUT2D eigenvalue weighted by Gasteiger charge is -2.24. The van der Waals surface area contributed by atoms with Crippen LogP contribution in [0.15, 0.2) is 0 Å². The molecule has 0 spiro atoms. The third kappa shape index (κ3) is 2.92. The highest BCUT2D eigenvalue weighted by Crippen LogP contribution is 2.25. The van der Waals surface area contributed by atoms with E-state index in [1.165, 1.54) is 39.0 Å². The van der Waals surface area contributed by atoms with Crippen LogP contribution in [-0.4, -0.2) is 50.8 Å². The average Bonchev–Trinajstić information content (AvgIpc) is 2.59. The lowest BCUT2D eigenvalue weighted by atomic mass is 9.94. The van der Waals surface area contributed by atoms with E-state index in [1.807, 2.05) is 0 Å². The zero-order valence-corrected chi connectivity index (χ0v) is 10.0. The van der Waals surface area contributed by atoms with Crippen molar-refractivity contribution in [1.29, 1.82) is 0 Å². The zero-order valence-electron chi connectivity index (χ0n) is 10.0. The predicted molar refractivity (Wildman–Crippen MR) is 62.0 cm³/mol. The molecule has 0 aromatic rings. The highest BCUT2D eigenvalue weighted by molar-refractivity contribution is 4.91. The first-order valence-electron chi connectivity index (χ1n) is 6.24. The van der Waals surface area contributed by atoms with E-state index in [0.717, 1.165) is 18.6 Å². The largest absolute Gasteiger partial charge is 0.384 e. The molecule has 0 saturated carbocycles. The number of rotatable bonds is 4. The predicted octanol–water partition coefficient (Wildman–Crippen LogP) is 0.953. The maximum Gasteiger partial charge on any atom is 0.0500 e. The fraction of sp³-hybridized carbons (Fsp3) is 1.00. The summed E-state index contributed by atoms with van der Waals surface area (Å²) in [5.41, 5.74) is 0. The molecule has 2 aliphatic heterocycles. The van der Waals surface area contributed by atoms with Crippen LogP contribution in [0.2, 0.25) is 0 Å². The van der Waals surface area contributed by atoms with Crippen LogP contribution in [0, 0.1) is 11.8 Å². The molecule has 15 heavy (non-hydrogen) atoms. The number of hydrogen-bond acceptors (Lipinski definition) is 3. The normalized spacial score (nSPS) is 34.0. The van der Waals surface area contributed by atoms with Gasteiger partial charge in [0.2, 0.25) is 0 Å². The van der Waals surface area contributed by atoms with Crippen LogP contribution in [0.5, 0.6) is 0 Å². The first kappa shape index (κ1) is 11.4. The Labute approximate surface area is 93.2 Å². The molecule has 2 aliphatic rings. The van der Waals surface area contributed by atoms with Gasteiger partial charge in [-0.25, -0.2) is 0 Å². The Morgan fingerprint density at radius 3 is 3.07 bits per heavy atom. The highest BCUT2D eigenvalue weighted by atomic mass is 16.5. The second-order valence-corrected chi connectivity index (χ2v) is 5.24. The van der Waals surface area contributed by atoms with E-state index >= 15 is 0 Å². The molecule has 3 atom stereocenters. The Morgan fingerprint density at radius 1 is 1.47 bits per heavy atom. The molecule has 0 amide bonds. The van der Waals surface area contributed by atoms with E-state index in [9.17, 15) is 0 Å². The molecule has 0 aromatic carbocycles. The van der Waals surface area contributed by atoms with Crippen molar-refractivity contribution in [3.8, 4) is 0 Å². The molecule has 3 nitrogen and oxygen atoms in total. The van der Waals surface area contributed by atoms with Crippen molar-refractivity contribution in [2.24, 2.45) is 11.8 Å². The fourth-order valence-electron chi connectivity index (χ4n) is 3.06. The minimum atomic E-state index is 0.662. The molecular formula is C12H24N2O.